The van der Waals surface area contributed by atoms with Gasteiger partial charge in [-0.25, -0.2) is 0 Å². The Morgan fingerprint density at radius 1 is 1.25 bits per heavy atom. The van der Waals surface area contributed by atoms with Gasteiger partial charge in [-0.05, 0) is 13.0 Å². The van der Waals surface area contributed by atoms with Crippen molar-refractivity contribution in [2.45, 2.75) is 12.3 Å². The number of ketones is 3. The molecule has 0 unspecified atom stereocenters. The maximum absolute atomic E-state index is 13.2. The Labute approximate surface area is 157 Å². The Morgan fingerprint density at radius 3 is 2.39 bits per heavy atom. The molecule has 0 aromatic heterocycles. The SMILES string of the molecule is C=CC(O)=C1C(=O)C=C2Oc3c(C(C)=O)c(O)c(C=N)c(O)c3[C@]2(C=N)C1=O. The van der Waals surface area contributed by atoms with Gasteiger partial charge in [0, 0.05) is 18.5 Å². The average Bonchev–Trinajstić information content (AvgIpc) is 2.96. The maximum Gasteiger partial charge on any atom is 0.196 e. The van der Waals surface area contributed by atoms with E-state index in [2.05, 4.69) is 6.58 Å². The summed E-state index contributed by atoms with van der Waals surface area (Å²) in [5.41, 5.74) is -4.08. The average molecular weight is 382 g/mol. The van der Waals surface area contributed by atoms with Crippen molar-refractivity contribution in [1.82, 2.24) is 0 Å². The number of phenolic OH excluding ortho intramolecular Hbond substituents is 2. The third kappa shape index (κ3) is 2.04. The van der Waals surface area contributed by atoms with Crippen molar-refractivity contribution in [3.05, 3.63) is 52.5 Å². The first-order valence-corrected chi connectivity index (χ1v) is 7.87. The summed E-state index contributed by atoms with van der Waals surface area (Å²) < 4.78 is 5.48. The largest absolute Gasteiger partial charge is 0.507 e. The monoisotopic (exact) mass is 382 g/mol. The number of nitrogens with one attached hydrogen (secondary N) is 2. The first-order valence-electron chi connectivity index (χ1n) is 7.87. The van der Waals surface area contributed by atoms with Gasteiger partial charge in [0.1, 0.15) is 39.9 Å². The molecule has 0 radical (unpaired) electrons. The second-order valence-electron chi connectivity index (χ2n) is 6.11. The number of carbonyl (C=O) groups is 3. The van der Waals surface area contributed by atoms with Crippen LogP contribution in [0.15, 0.2) is 35.8 Å². The molecular formula is C19H14N2O7. The highest BCUT2D eigenvalue weighted by Crippen LogP contribution is 2.56. The van der Waals surface area contributed by atoms with Crippen molar-refractivity contribution in [3.63, 3.8) is 0 Å². The molecule has 0 saturated heterocycles. The molecule has 0 saturated carbocycles. The van der Waals surface area contributed by atoms with Crippen molar-refractivity contribution < 1.29 is 34.4 Å². The molecule has 1 aliphatic heterocycles. The number of fused-ring (bicyclic) bond motifs is 3. The summed E-state index contributed by atoms with van der Waals surface area (Å²) in [5.74, 6) is -5.68. The van der Waals surface area contributed by atoms with E-state index in [1.165, 1.54) is 0 Å². The van der Waals surface area contributed by atoms with Crippen LogP contribution in [0.3, 0.4) is 0 Å². The van der Waals surface area contributed by atoms with Crippen LogP contribution in [-0.2, 0) is 15.0 Å². The van der Waals surface area contributed by atoms with Crippen LogP contribution >= 0.6 is 0 Å². The van der Waals surface area contributed by atoms with E-state index in [1.54, 1.807) is 0 Å². The Morgan fingerprint density at radius 2 is 1.89 bits per heavy atom. The number of aromatic hydroxyl groups is 2. The molecule has 0 amide bonds. The molecule has 0 bridgehead atoms. The van der Waals surface area contributed by atoms with Crippen molar-refractivity contribution in [2.24, 2.45) is 0 Å². The number of ether oxygens (including phenoxy) is 1. The molecule has 1 heterocycles. The molecule has 5 N–H and O–H groups in total. The Balaban J connectivity index is 2.54. The quantitative estimate of drug-likeness (QED) is 0.173. The predicted molar refractivity (Wildman–Crippen MR) is 96.7 cm³/mol. The molecule has 1 atom stereocenters. The lowest BCUT2D eigenvalue weighted by Crippen LogP contribution is -2.44. The summed E-state index contributed by atoms with van der Waals surface area (Å²) in [4.78, 5) is 37.6. The number of aliphatic hydroxyl groups excluding tert-OH is 1. The number of Topliss-reactive ketones (excluding diaryl/α,β-unsaturated/α-hetero) is 2. The second-order valence-corrected chi connectivity index (χ2v) is 6.11. The Kier molecular flexibility index (Phi) is 4.03. The fourth-order valence-electron chi connectivity index (χ4n) is 3.39. The van der Waals surface area contributed by atoms with Gasteiger partial charge >= 0.3 is 0 Å². The molecule has 9 heteroatoms. The highest BCUT2D eigenvalue weighted by molar-refractivity contribution is 6.35. The fourth-order valence-corrected chi connectivity index (χ4v) is 3.39. The van der Waals surface area contributed by atoms with Gasteiger partial charge in [-0.3, -0.25) is 14.4 Å². The predicted octanol–water partition coefficient (Wildman–Crippen LogP) is 1.61. The van der Waals surface area contributed by atoms with E-state index in [9.17, 15) is 29.7 Å². The van der Waals surface area contributed by atoms with Crippen molar-refractivity contribution in [2.75, 3.05) is 0 Å². The van der Waals surface area contributed by atoms with Gasteiger partial charge in [0.25, 0.3) is 0 Å². The minimum absolute atomic E-state index is 0.368. The van der Waals surface area contributed by atoms with Crippen LogP contribution < -0.4 is 4.74 Å². The standard InChI is InChI=1S/C19H14N2O7/c1-3-9(23)13-10(24)4-11-19(6-21,18(13)27)14-16(26)8(5-20)15(25)12(7(2)22)17(14)28-11/h3-6,20-21,23,25-26H,1H2,2H3/t19-/m1/s1. The first kappa shape index (κ1) is 18.8. The molecule has 0 fully saturated rings. The van der Waals surface area contributed by atoms with E-state index in [4.69, 9.17) is 15.6 Å². The maximum atomic E-state index is 13.2. The van der Waals surface area contributed by atoms with Gasteiger partial charge < -0.3 is 30.9 Å². The minimum atomic E-state index is -2.16. The number of hydrogen-bond acceptors (Lipinski definition) is 9. The van der Waals surface area contributed by atoms with Crippen LogP contribution in [0.1, 0.15) is 28.4 Å². The zero-order valence-corrected chi connectivity index (χ0v) is 14.5. The van der Waals surface area contributed by atoms with Gasteiger partial charge in [0.05, 0.1) is 11.1 Å². The molecule has 9 nitrogen and oxygen atoms in total. The fraction of sp³-hybridized carbons (Fsp3) is 0.105. The van der Waals surface area contributed by atoms with Crippen molar-refractivity contribution in [1.29, 1.82) is 10.8 Å². The number of phenols is 2. The lowest BCUT2D eigenvalue weighted by atomic mass is 9.69. The summed E-state index contributed by atoms with van der Waals surface area (Å²) in [6.07, 6.45) is 2.91. The molecule has 142 valence electrons. The van der Waals surface area contributed by atoms with Crippen LogP contribution in [-0.4, -0.2) is 45.1 Å². The lowest BCUT2D eigenvalue weighted by Gasteiger charge is -2.28. The highest BCUT2D eigenvalue weighted by atomic mass is 16.5. The molecule has 1 aromatic carbocycles. The summed E-state index contributed by atoms with van der Waals surface area (Å²) in [5, 5.41) is 46.1. The van der Waals surface area contributed by atoms with Crippen LogP contribution in [0.5, 0.6) is 17.2 Å². The minimum Gasteiger partial charge on any atom is -0.507 e. The Hall–Kier alpha value is -4.01. The van der Waals surface area contributed by atoms with E-state index >= 15 is 0 Å². The van der Waals surface area contributed by atoms with Gasteiger partial charge in [-0.1, -0.05) is 6.58 Å². The zero-order valence-electron chi connectivity index (χ0n) is 14.5. The van der Waals surface area contributed by atoms with Crippen LogP contribution in [0.4, 0.5) is 0 Å². The molecule has 1 aliphatic carbocycles. The highest BCUT2D eigenvalue weighted by Gasteiger charge is 2.58. The van der Waals surface area contributed by atoms with Crippen LogP contribution in [0.25, 0.3) is 0 Å². The third-order valence-electron chi connectivity index (χ3n) is 4.69. The van der Waals surface area contributed by atoms with Crippen molar-refractivity contribution in [3.8, 4) is 17.2 Å². The summed E-state index contributed by atoms with van der Waals surface area (Å²) in [6.45, 7) is 4.39. The second kappa shape index (κ2) is 6.02. The summed E-state index contributed by atoms with van der Waals surface area (Å²) >= 11 is 0. The van der Waals surface area contributed by atoms with Gasteiger partial charge in [-0.15, -0.1) is 0 Å². The van der Waals surface area contributed by atoms with E-state index < -0.39 is 62.5 Å². The van der Waals surface area contributed by atoms with Crippen LogP contribution in [0, 0.1) is 10.8 Å². The number of rotatable bonds is 4. The third-order valence-corrected chi connectivity index (χ3v) is 4.69. The molecule has 0 spiro atoms. The molecule has 28 heavy (non-hydrogen) atoms. The van der Waals surface area contributed by atoms with Gasteiger partial charge in [0.15, 0.2) is 22.8 Å². The van der Waals surface area contributed by atoms with E-state index in [0.29, 0.717) is 12.4 Å². The number of carbonyl (C=O) groups excluding carboxylic acids is 3. The van der Waals surface area contributed by atoms with E-state index in [1.807, 2.05) is 0 Å². The van der Waals surface area contributed by atoms with Crippen LogP contribution in [0.2, 0.25) is 0 Å². The number of allylic oxidation sites excluding steroid dienone is 4. The molecule has 1 aromatic rings. The summed E-state index contributed by atoms with van der Waals surface area (Å²) in [6, 6.07) is 0. The summed E-state index contributed by atoms with van der Waals surface area (Å²) in [7, 11) is 0. The zero-order chi connectivity index (χ0) is 21.0. The van der Waals surface area contributed by atoms with Gasteiger partial charge in [-0.2, -0.15) is 0 Å². The van der Waals surface area contributed by atoms with E-state index in [-0.39, 0.29) is 11.3 Å². The number of aliphatic hydroxyl groups is 1. The molecule has 2 aliphatic rings. The smallest absolute Gasteiger partial charge is 0.196 e. The number of hydrogen-bond donors (Lipinski definition) is 5. The molecule has 3 rings (SSSR count). The normalized spacial score (nSPS) is 21.8. The topological polar surface area (TPSA) is 169 Å². The van der Waals surface area contributed by atoms with Crippen molar-refractivity contribution >= 4 is 29.8 Å². The number of benzene rings is 1. The molecular weight excluding hydrogens is 368 g/mol. The lowest BCUT2D eigenvalue weighted by molar-refractivity contribution is -0.122. The first-order chi connectivity index (χ1) is 13.2. The Bertz CT molecular complexity index is 1090. The van der Waals surface area contributed by atoms with Gasteiger partial charge in [0.2, 0.25) is 0 Å². The van der Waals surface area contributed by atoms with E-state index in [0.717, 1.165) is 19.1 Å².